The van der Waals surface area contributed by atoms with Gasteiger partial charge in [-0.05, 0) is 37.6 Å². The maximum atomic E-state index is 9.63. The van der Waals surface area contributed by atoms with E-state index in [0.29, 0.717) is 11.3 Å². The summed E-state index contributed by atoms with van der Waals surface area (Å²) in [6, 6.07) is 8.47. The number of nitrogens with one attached hydrogen (secondary N) is 1. The van der Waals surface area contributed by atoms with Gasteiger partial charge in [-0.15, -0.1) is 11.8 Å². The fourth-order valence-corrected chi connectivity index (χ4v) is 3.64. The molecular formula is C16H27NO2S. The van der Waals surface area contributed by atoms with Gasteiger partial charge >= 0.3 is 0 Å². The molecule has 0 saturated carbocycles. The molecular weight excluding hydrogens is 270 g/mol. The van der Waals surface area contributed by atoms with Crippen molar-refractivity contribution in [3.8, 4) is 5.75 Å². The third kappa shape index (κ3) is 5.73. The summed E-state index contributed by atoms with van der Waals surface area (Å²) >= 11 is 1.83. The number of rotatable bonds is 8. The molecule has 114 valence electrons. The summed E-state index contributed by atoms with van der Waals surface area (Å²) in [7, 11) is 1.68. The second kappa shape index (κ2) is 7.91. The molecule has 0 bridgehead atoms. The fourth-order valence-electron chi connectivity index (χ4n) is 2.43. The minimum Gasteiger partial charge on any atom is -0.497 e. The summed E-state index contributed by atoms with van der Waals surface area (Å²) in [4.78, 5) is 1.23. The van der Waals surface area contributed by atoms with Crippen molar-refractivity contribution in [1.82, 2.24) is 5.32 Å². The average Bonchev–Trinajstić information content (AvgIpc) is 2.38. The van der Waals surface area contributed by atoms with Crippen molar-refractivity contribution in [2.45, 2.75) is 55.8 Å². The van der Waals surface area contributed by atoms with E-state index in [1.165, 1.54) is 4.90 Å². The number of thioether (sulfide) groups is 1. The Hall–Kier alpha value is -0.710. The van der Waals surface area contributed by atoms with Crippen molar-refractivity contribution in [2.24, 2.45) is 0 Å². The highest BCUT2D eigenvalue weighted by Gasteiger charge is 2.26. The highest BCUT2D eigenvalue weighted by Crippen LogP contribution is 2.30. The van der Waals surface area contributed by atoms with E-state index in [-0.39, 0.29) is 12.1 Å². The van der Waals surface area contributed by atoms with Gasteiger partial charge in [0.05, 0.1) is 13.7 Å². The van der Waals surface area contributed by atoms with Gasteiger partial charge in [0.1, 0.15) is 5.75 Å². The highest BCUT2D eigenvalue weighted by molar-refractivity contribution is 7.99. The van der Waals surface area contributed by atoms with Crippen molar-refractivity contribution in [2.75, 3.05) is 13.7 Å². The summed E-state index contributed by atoms with van der Waals surface area (Å²) in [6.45, 7) is 8.64. The predicted octanol–water partition coefficient (Wildman–Crippen LogP) is 3.31. The normalized spacial score (nSPS) is 15.9. The van der Waals surface area contributed by atoms with E-state index in [1.54, 1.807) is 7.11 Å². The molecule has 2 N–H and O–H groups in total. The second-order valence-corrected chi connectivity index (χ2v) is 7.34. The van der Waals surface area contributed by atoms with E-state index >= 15 is 0 Å². The van der Waals surface area contributed by atoms with Crippen LogP contribution in [0.4, 0.5) is 0 Å². The van der Waals surface area contributed by atoms with Gasteiger partial charge in [-0.3, -0.25) is 0 Å². The summed E-state index contributed by atoms with van der Waals surface area (Å²) in [5.74, 6) is 0.878. The van der Waals surface area contributed by atoms with Crippen LogP contribution < -0.4 is 10.1 Å². The standard InChI is InChI=1S/C16H27NO2S/c1-12(2)17-16(4,11-18)10-13(3)20-15-8-6-14(19-5)7-9-15/h6-9,12-13,17-18H,10-11H2,1-5H3. The number of hydrogen-bond donors (Lipinski definition) is 2. The number of methoxy groups -OCH3 is 1. The van der Waals surface area contributed by atoms with Gasteiger partial charge in [-0.1, -0.05) is 20.8 Å². The van der Waals surface area contributed by atoms with Gasteiger partial charge in [0, 0.05) is 21.7 Å². The molecule has 0 heterocycles. The van der Waals surface area contributed by atoms with Crippen LogP contribution in [0.5, 0.6) is 5.75 Å². The Morgan fingerprint density at radius 2 is 1.85 bits per heavy atom. The smallest absolute Gasteiger partial charge is 0.118 e. The Labute approximate surface area is 127 Å². The SMILES string of the molecule is COc1ccc(SC(C)CC(C)(CO)NC(C)C)cc1. The summed E-state index contributed by atoms with van der Waals surface area (Å²) in [6.07, 6.45) is 0.915. The van der Waals surface area contributed by atoms with E-state index in [4.69, 9.17) is 4.74 Å². The van der Waals surface area contributed by atoms with Crippen molar-refractivity contribution in [3.63, 3.8) is 0 Å². The first-order chi connectivity index (χ1) is 9.38. The van der Waals surface area contributed by atoms with Crippen molar-refractivity contribution >= 4 is 11.8 Å². The first kappa shape index (κ1) is 17.3. The zero-order chi connectivity index (χ0) is 15.2. The van der Waals surface area contributed by atoms with E-state index in [0.717, 1.165) is 12.2 Å². The first-order valence-electron chi connectivity index (χ1n) is 7.08. The van der Waals surface area contributed by atoms with Crippen LogP contribution in [-0.4, -0.2) is 35.7 Å². The number of benzene rings is 1. The minimum atomic E-state index is -0.229. The van der Waals surface area contributed by atoms with E-state index < -0.39 is 0 Å². The molecule has 1 aromatic rings. The quantitative estimate of drug-likeness (QED) is 0.722. The van der Waals surface area contributed by atoms with E-state index in [2.05, 4.69) is 45.1 Å². The van der Waals surface area contributed by atoms with Gasteiger partial charge in [0.2, 0.25) is 0 Å². The zero-order valence-electron chi connectivity index (χ0n) is 13.1. The molecule has 1 aromatic carbocycles. The molecule has 2 atom stereocenters. The highest BCUT2D eigenvalue weighted by atomic mass is 32.2. The molecule has 0 fully saturated rings. The molecule has 0 radical (unpaired) electrons. The molecule has 2 unspecified atom stereocenters. The largest absolute Gasteiger partial charge is 0.497 e. The average molecular weight is 297 g/mol. The third-order valence-corrected chi connectivity index (χ3v) is 4.23. The van der Waals surface area contributed by atoms with Gasteiger partial charge in [0.25, 0.3) is 0 Å². The Morgan fingerprint density at radius 3 is 2.30 bits per heavy atom. The molecule has 4 heteroatoms. The Balaban J connectivity index is 2.58. The first-order valence-corrected chi connectivity index (χ1v) is 7.96. The van der Waals surface area contributed by atoms with Gasteiger partial charge < -0.3 is 15.2 Å². The minimum absolute atomic E-state index is 0.151. The molecule has 0 aliphatic rings. The number of aliphatic hydroxyl groups excluding tert-OH is 1. The van der Waals surface area contributed by atoms with Gasteiger partial charge in [-0.2, -0.15) is 0 Å². The lowest BCUT2D eigenvalue weighted by atomic mass is 9.96. The number of aliphatic hydroxyl groups is 1. The summed E-state index contributed by atoms with van der Waals surface area (Å²) in [5.41, 5.74) is -0.229. The molecule has 0 spiro atoms. The molecule has 0 saturated heterocycles. The van der Waals surface area contributed by atoms with Crippen LogP contribution in [0.15, 0.2) is 29.2 Å². The molecule has 0 aliphatic heterocycles. The zero-order valence-corrected chi connectivity index (χ0v) is 14.0. The summed E-state index contributed by atoms with van der Waals surface area (Å²) in [5, 5.41) is 13.5. The van der Waals surface area contributed by atoms with Gasteiger partial charge in [-0.25, -0.2) is 0 Å². The lowest BCUT2D eigenvalue weighted by molar-refractivity contribution is 0.157. The Morgan fingerprint density at radius 1 is 1.25 bits per heavy atom. The van der Waals surface area contributed by atoms with Crippen LogP contribution in [-0.2, 0) is 0 Å². The monoisotopic (exact) mass is 297 g/mol. The van der Waals surface area contributed by atoms with E-state index in [1.807, 2.05) is 23.9 Å². The maximum Gasteiger partial charge on any atom is 0.118 e. The Kier molecular flexibility index (Phi) is 6.86. The number of ether oxygens (including phenoxy) is 1. The third-order valence-electron chi connectivity index (χ3n) is 3.12. The van der Waals surface area contributed by atoms with Crippen molar-refractivity contribution in [3.05, 3.63) is 24.3 Å². The van der Waals surface area contributed by atoms with Crippen LogP contribution in [0.2, 0.25) is 0 Å². The topological polar surface area (TPSA) is 41.5 Å². The maximum absolute atomic E-state index is 9.63. The van der Waals surface area contributed by atoms with Crippen LogP contribution in [0.25, 0.3) is 0 Å². The second-order valence-electron chi connectivity index (χ2n) is 5.83. The van der Waals surface area contributed by atoms with Crippen LogP contribution >= 0.6 is 11.8 Å². The fraction of sp³-hybridized carbons (Fsp3) is 0.625. The van der Waals surface area contributed by atoms with E-state index in [9.17, 15) is 5.11 Å². The lowest BCUT2D eigenvalue weighted by Gasteiger charge is -2.33. The van der Waals surface area contributed by atoms with Crippen LogP contribution in [0.1, 0.15) is 34.1 Å². The molecule has 0 amide bonds. The lowest BCUT2D eigenvalue weighted by Crippen LogP contribution is -2.50. The number of hydrogen-bond acceptors (Lipinski definition) is 4. The molecule has 3 nitrogen and oxygen atoms in total. The predicted molar refractivity (Wildman–Crippen MR) is 86.7 cm³/mol. The van der Waals surface area contributed by atoms with Crippen molar-refractivity contribution < 1.29 is 9.84 Å². The van der Waals surface area contributed by atoms with Gasteiger partial charge in [0.15, 0.2) is 0 Å². The van der Waals surface area contributed by atoms with Crippen molar-refractivity contribution in [1.29, 1.82) is 0 Å². The Bertz CT molecular complexity index is 394. The summed E-state index contributed by atoms with van der Waals surface area (Å²) < 4.78 is 5.16. The molecule has 0 aliphatic carbocycles. The van der Waals surface area contributed by atoms with Crippen LogP contribution in [0, 0.1) is 0 Å². The molecule has 0 aromatic heterocycles. The molecule has 20 heavy (non-hydrogen) atoms. The van der Waals surface area contributed by atoms with Crippen LogP contribution in [0.3, 0.4) is 0 Å². The molecule has 1 rings (SSSR count).